The molecule has 4 N–H and O–H groups in total. The number of carbonyl (C=O) groups is 1. The van der Waals surface area contributed by atoms with Gasteiger partial charge in [0.15, 0.2) is 4.77 Å². The average Bonchev–Trinajstić information content (AvgIpc) is 2.62. The van der Waals surface area contributed by atoms with Gasteiger partial charge in [0.05, 0.1) is 26.0 Å². The number of benzene rings is 1. The second kappa shape index (κ2) is 8.63. The minimum Gasteiger partial charge on any atom is -0.497 e. The molecule has 0 saturated carbocycles. The summed E-state index contributed by atoms with van der Waals surface area (Å²) in [6.07, 6.45) is 0. The Hall–Kier alpha value is -2.65. The Balaban J connectivity index is 2.44. The molecule has 0 spiro atoms. The lowest BCUT2D eigenvalue weighted by atomic mass is 10.1. The summed E-state index contributed by atoms with van der Waals surface area (Å²) in [4.78, 5) is 26.2. The lowest BCUT2D eigenvalue weighted by Gasteiger charge is -2.17. The third-order valence-corrected chi connectivity index (χ3v) is 4.09. The molecule has 1 amide bonds. The number of methoxy groups -OCH3 is 2. The number of nitrogens with two attached hydrogens (primary N) is 1. The maximum Gasteiger partial charge on any atom is 0.252 e. The zero-order chi connectivity index (χ0) is 19.3. The largest absolute Gasteiger partial charge is 0.497 e. The SMILES string of the molecule is COc1ccc(-c2cc(=O)[nH]c(=S)n2CCNC(=O)[C@H](C)N)c(OC)c1. The fourth-order valence-corrected chi connectivity index (χ4v) is 2.72. The van der Waals surface area contributed by atoms with Crippen LogP contribution in [0.2, 0.25) is 0 Å². The Morgan fingerprint density at radius 2 is 2.08 bits per heavy atom. The zero-order valence-electron chi connectivity index (χ0n) is 14.9. The van der Waals surface area contributed by atoms with Gasteiger partial charge in [-0.2, -0.15) is 0 Å². The number of hydrogen-bond acceptors (Lipinski definition) is 6. The summed E-state index contributed by atoms with van der Waals surface area (Å²) >= 11 is 5.29. The van der Waals surface area contributed by atoms with Crippen molar-refractivity contribution in [3.8, 4) is 22.8 Å². The van der Waals surface area contributed by atoms with E-state index < -0.39 is 6.04 Å². The summed E-state index contributed by atoms with van der Waals surface area (Å²) in [5, 5.41) is 2.72. The molecule has 0 unspecified atom stereocenters. The summed E-state index contributed by atoms with van der Waals surface area (Å²) in [6, 6.07) is 6.12. The fraction of sp³-hybridized carbons (Fsp3) is 0.353. The minimum absolute atomic E-state index is 0.250. The number of hydrogen-bond donors (Lipinski definition) is 3. The molecule has 0 bridgehead atoms. The number of amides is 1. The molecule has 0 fully saturated rings. The van der Waals surface area contributed by atoms with Crippen molar-refractivity contribution < 1.29 is 14.3 Å². The second-order valence-electron chi connectivity index (χ2n) is 5.62. The molecular weight excluding hydrogens is 356 g/mol. The van der Waals surface area contributed by atoms with Crippen LogP contribution in [0.4, 0.5) is 0 Å². The fourth-order valence-electron chi connectivity index (χ4n) is 2.43. The van der Waals surface area contributed by atoms with Gasteiger partial charge < -0.3 is 25.1 Å². The summed E-state index contributed by atoms with van der Waals surface area (Å²) in [6.45, 7) is 2.28. The Morgan fingerprint density at radius 1 is 1.35 bits per heavy atom. The standard InChI is InChI=1S/C17H22N4O4S/c1-10(18)16(23)19-6-7-21-13(9-15(22)20-17(21)26)12-5-4-11(24-2)8-14(12)25-3/h4-5,8-10H,6-7,18H2,1-3H3,(H,19,23)(H,20,22,26)/t10-/m0/s1. The van der Waals surface area contributed by atoms with E-state index in [1.165, 1.54) is 13.2 Å². The number of aromatic nitrogens is 2. The normalized spacial score (nSPS) is 11.7. The third kappa shape index (κ3) is 4.50. The van der Waals surface area contributed by atoms with Crippen LogP contribution in [0.25, 0.3) is 11.3 Å². The predicted octanol–water partition coefficient (Wildman–Crippen LogP) is 1.05. The van der Waals surface area contributed by atoms with E-state index >= 15 is 0 Å². The number of nitrogens with one attached hydrogen (secondary N) is 2. The van der Waals surface area contributed by atoms with Crippen LogP contribution in [0.5, 0.6) is 11.5 Å². The van der Waals surface area contributed by atoms with Crippen molar-refractivity contribution >= 4 is 18.1 Å². The van der Waals surface area contributed by atoms with Crippen LogP contribution in [-0.2, 0) is 11.3 Å². The van der Waals surface area contributed by atoms with Gasteiger partial charge in [0, 0.05) is 30.8 Å². The van der Waals surface area contributed by atoms with Crippen molar-refractivity contribution in [1.82, 2.24) is 14.9 Å². The first-order valence-electron chi connectivity index (χ1n) is 7.97. The number of aromatic amines is 1. The number of rotatable bonds is 7. The van der Waals surface area contributed by atoms with Gasteiger partial charge in [-0.1, -0.05) is 0 Å². The molecule has 26 heavy (non-hydrogen) atoms. The van der Waals surface area contributed by atoms with E-state index in [1.54, 1.807) is 36.8 Å². The van der Waals surface area contributed by atoms with E-state index in [2.05, 4.69) is 10.3 Å². The van der Waals surface area contributed by atoms with Gasteiger partial charge in [-0.05, 0) is 31.3 Å². The Morgan fingerprint density at radius 3 is 2.69 bits per heavy atom. The molecule has 140 valence electrons. The molecule has 0 saturated heterocycles. The van der Waals surface area contributed by atoms with Crippen LogP contribution in [-0.4, -0.2) is 42.3 Å². The lowest BCUT2D eigenvalue weighted by molar-refractivity contribution is -0.122. The molecule has 8 nitrogen and oxygen atoms in total. The van der Waals surface area contributed by atoms with E-state index in [4.69, 9.17) is 27.4 Å². The smallest absolute Gasteiger partial charge is 0.252 e. The molecular formula is C17H22N4O4S. The Kier molecular flexibility index (Phi) is 6.53. The first kappa shape index (κ1) is 19.7. The molecule has 0 aliphatic heterocycles. The highest BCUT2D eigenvalue weighted by atomic mass is 32.1. The van der Waals surface area contributed by atoms with Crippen molar-refractivity contribution in [2.45, 2.75) is 19.5 Å². The highest BCUT2D eigenvalue weighted by Gasteiger charge is 2.14. The minimum atomic E-state index is -0.597. The highest BCUT2D eigenvalue weighted by Crippen LogP contribution is 2.32. The maximum absolute atomic E-state index is 11.9. The molecule has 0 aliphatic carbocycles. The van der Waals surface area contributed by atoms with Gasteiger partial charge >= 0.3 is 0 Å². The van der Waals surface area contributed by atoms with Gasteiger partial charge in [-0.15, -0.1) is 0 Å². The third-order valence-electron chi connectivity index (χ3n) is 3.77. The van der Waals surface area contributed by atoms with Crippen molar-refractivity contribution in [3.63, 3.8) is 0 Å². The van der Waals surface area contributed by atoms with Gasteiger partial charge in [-0.3, -0.25) is 14.6 Å². The first-order valence-corrected chi connectivity index (χ1v) is 8.38. The summed E-state index contributed by atoms with van der Waals surface area (Å²) < 4.78 is 12.6. The van der Waals surface area contributed by atoms with Crippen molar-refractivity contribution in [3.05, 3.63) is 39.4 Å². The van der Waals surface area contributed by atoms with Crippen LogP contribution < -0.4 is 26.1 Å². The monoisotopic (exact) mass is 378 g/mol. The van der Waals surface area contributed by atoms with Crippen LogP contribution in [0.3, 0.4) is 0 Å². The molecule has 0 radical (unpaired) electrons. The van der Waals surface area contributed by atoms with Crippen molar-refractivity contribution in [1.29, 1.82) is 0 Å². The molecule has 1 heterocycles. The Bertz CT molecular complexity index is 904. The highest BCUT2D eigenvalue weighted by molar-refractivity contribution is 7.71. The first-order chi connectivity index (χ1) is 12.4. The van der Waals surface area contributed by atoms with E-state index in [0.29, 0.717) is 35.8 Å². The van der Waals surface area contributed by atoms with Crippen molar-refractivity contribution in [2.75, 3.05) is 20.8 Å². The van der Waals surface area contributed by atoms with Crippen LogP contribution in [0.15, 0.2) is 29.1 Å². The predicted molar refractivity (Wildman–Crippen MR) is 101 cm³/mol. The van der Waals surface area contributed by atoms with E-state index in [0.717, 1.165) is 0 Å². The second-order valence-corrected chi connectivity index (χ2v) is 6.01. The van der Waals surface area contributed by atoms with Crippen LogP contribution >= 0.6 is 12.2 Å². The topological polar surface area (TPSA) is 111 Å². The van der Waals surface area contributed by atoms with Crippen LogP contribution in [0, 0.1) is 4.77 Å². The van der Waals surface area contributed by atoms with Gasteiger partial charge in [0.2, 0.25) is 5.91 Å². The van der Waals surface area contributed by atoms with E-state index in [9.17, 15) is 9.59 Å². The molecule has 9 heteroatoms. The molecule has 0 aliphatic rings. The maximum atomic E-state index is 11.9. The molecule has 1 aromatic heterocycles. The van der Waals surface area contributed by atoms with Crippen LogP contribution in [0.1, 0.15) is 6.92 Å². The number of H-pyrrole nitrogens is 1. The summed E-state index contributed by atoms with van der Waals surface area (Å²) in [5.74, 6) is 0.909. The number of carbonyl (C=O) groups excluding carboxylic acids is 1. The van der Waals surface area contributed by atoms with E-state index in [-0.39, 0.29) is 16.2 Å². The molecule has 2 aromatic rings. The molecule has 2 rings (SSSR count). The van der Waals surface area contributed by atoms with Gasteiger partial charge in [-0.25, -0.2) is 0 Å². The summed E-state index contributed by atoms with van der Waals surface area (Å²) in [5.41, 5.74) is 6.48. The van der Waals surface area contributed by atoms with Crippen molar-refractivity contribution in [2.24, 2.45) is 5.73 Å². The molecule has 1 atom stereocenters. The average molecular weight is 378 g/mol. The number of nitrogens with zero attached hydrogens (tertiary/aromatic N) is 1. The Labute approximate surface area is 155 Å². The van der Waals surface area contributed by atoms with Gasteiger partial charge in [0.25, 0.3) is 5.56 Å². The van der Waals surface area contributed by atoms with E-state index in [1.807, 2.05) is 0 Å². The lowest BCUT2D eigenvalue weighted by Crippen LogP contribution is -2.39. The zero-order valence-corrected chi connectivity index (χ0v) is 15.7. The molecule has 1 aromatic carbocycles. The number of ether oxygens (including phenoxy) is 2. The van der Waals surface area contributed by atoms with Gasteiger partial charge in [0.1, 0.15) is 11.5 Å². The summed E-state index contributed by atoms with van der Waals surface area (Å²) in [7, 11) is 3.09. The quantitative estimate of drug-likeness (QED) is 0.621.